The van der Waals surface area contributed by atoms with Crippen LogP contribution in [0.1, 0.15) is 20.3 Å². The second kappa shape index (κ2) is 4.28. The molecule has 6 heteroatoms. The van der Waals surface area contributed by atoms with Crippen LogP contribution in [0, 0.1) is 11.3 Å². The zero-order chi connectivity index (χ0) is 14.4. The molecule has 3 nitrogen and oxygen atoms in total. The van der Waals surface area contributed by atoms with Crippen LogP contribution < -0.4 is 5.73 Å². The van der Waals surface area contributed by atoms with Crippen molar-refractivity contribution >= 4 is 5.91 Å². The van der Waals surface area contributed by atoms with Gasteiger partial charge in [-0.05, 0) is 12.5 Å². The number of nitrogens with zero attached hydrogens (tertiary/aromatic N) is 1. The number of hydrogen-bond acceptors (Lipinski definition) is 2. The Hall–Kier alpha value is -1.46. The van der Waals surface area contributed by atoms with Crippen molar-refractivity contribution in [2.45, 2.75) is 26.4 Å². The van der Waals surface area contributed by atoms with Crippen LogP contribution in [0.3, 0.4) is 0 Å². The number of hydrogen-bond donors (Lipinski definition) is 1. The zero-order valence-corrected chi connectivity index (χ0v) is 10.9. The molecule has 1 saturated heterocycles. The molecule has 1 atom stereocenters. The van der Waals surface area contributed by atoms with Gasteiger partial charge in [0.1, 0.15) is 0 Å². The number of fused-ring (bicyclic) bond motifs is 1. The molecule has 0 radical (unpaired) electrons. The lowest BCUT2D eigenvalue weighted by atomic mass is 9.70. The molecule has 1 aliphatic carbocycles. The largest absolute Gasteiger partial charge is 0.471 e. The molecule has 0 bridgehead atoms. The van der Waals surface area contributed by atoms with Crippen LogP contribution in [-0.4, -0.2) is 30.1 Å². The molecule has 0 aromatic rings. The minimum absolute atomic E-state index is 0.0847. The highest BCUT2D eigenvalue weighted by atomic mass is 19.4. The summed E-state index contributed by atoms with van der Waals surface area (Å²) in [4.78, 5) is 12.3. The van der Waals surface area contributed by atoms with Gasteiger partial charge in [-0.1, -0.05) is 25.5 Å². The second-order valence-electron chi connectivity index (χ2n) is 5.83. The maximum absolute atomic E-state index is 12.5. The van der Waals surface area contributed by atoms with E-state index in [2.05, 4.69) is 0 Å². The average molecular weight is 274 g/mol. The molecule has 1 aliphatic heterocycles. The summed E-state index contributed by atoms with van der Waals surface area (Å²) in [5, 5.41) is 0. The van der Waals surface area contributed by atoms with E-state index >= 15 is 0 Å². The van der Waals surface area contributed by atoms with Crippen molar-refractivity contribution in [3.63, 3.8) is 0 Å². The van der Waals surface area contributed by atoms with Crippen LogP contribution in [0.25, 0.3) is 0 Å². The van der Waals surface area contributed by atoms with E-state index in [0.717, 1.165) is 10.5 Å². The van der Waals surface area contributed by atoms with Gasteiger partial charge in [-0.2, -0.15) is 13.2 Å². The van der Waals surface area contributed by atoms with Crippen molar-refractivity contribution in [1.29, 1.82) is 0 Å². The minimum Gasteiger partial charge on any atom is -0.402 e. The van der Waals surface area contributed by atoms with E-state index in [4.69, 9.17) is 5.73 Å². The number of allylic oxidation sites excluding steroid dienone is 3. The summed E-state index contributed by atoms with van der Waals surface area (Å²) in [5.41, 5.74) is 6.99. The Morgan fingerprint density at radius 1 is 1.42 bits per heavy atom. The van der Waals surface area contributed by atoms with Crippen molar-refractivity contribution in [2.75, 3.05) is 13.1 Å². The summed E-state index contributed by atoms with van der Waals surface area (Å²) < 4.78 is 37.6. The standard InChI is InChI=1S/C13H17F3N2O/c1-12(2)7-18(11(19)13(14,15)16)6-8-5-9(17)3-4-10(8)12/h3-4,8H,5-7,17H2,1-2H3. The minimum atomic E-state index is -4.81. The molecule has 0 spiro atoms. The van der Waals surface area contributed by atoms with E-state index in [-0.39, 0.29) is 19.0 Å². The summed E-state index contributed by atoms with van der Waals surface area (Å²) in [6, 6.07) is 0. The fraction of sp³-hybridized carbons (Fsp3) is 0.615. The first-order valence-electron chi connectivity index (χ1n) is 6.14. The number of nitrogens with two attached hydrogens (primary N) is 1. The number of rotatable bonds is 0. The van der Waals surface area contributed by atoms with Crippen molar-refractivity contribution < 1.29 is 18.0 Å². The number of alkyl halides is 3. The van der Waals surface area contributed by atoms with E-state index in [1.54, 1.807) is 6.08 Å². The Bertz CT molecular complexity index is 463. The van der Waals surface area contributed by atoms with Crippen LogP contribution in [-0.2, 0) is 4.79 Å². The van der Waals surface area contributed by atoms with E-state index in [1.165, 1.54) is 0 Å². The van der Waals surface area contributed by atoms with Crippen molar-refractivity contribution in [2.24, 2.45) is 17.1 Å². The van der Waals surface area contributed by atoms with Crippen LogP contribution in [0.5, 0.6) is 0 Å². The molecular weight excluding hydrogens is 257 g/mol. The quantitative estimate of drug-likeness (QED) is 0.736. The molecule has 2 aliphatic rings. The number of carbonyl (C=O) groups excluding carboxylic acids is 1. The summed E-state index contributed by atoms with van der Waals surface area (Å²) >= 11 is 0. The van der Waals surface area contributed by atoms with Gasteiger partial charge >= 0.3 is 12.1 Å². The number of piperidine rings is 1. The summed E-state index contributed by atoms with van der Waals surface area (Å²) in [5.74, 6) is -1.87. The van der Waals surface area contributed by atoms with Gasteiger partial charge in [-0.25, -0.2) is 0 Å². The molecule has 1 amide bonds. The SMILES string of the molecule is CC1(C)CN(C(=O)C(F)(F)F)CC2CC(N)=CC=C21. The topological polar surface area (TPSA) is 46.3 Å². The van der Waals surface area contributed by atoms with Gasteiger partial charge in [0.2, 0.25) is 0 Å². The first-order valence-corrected chi connectivity index (χ1v) is 6.14. The maximum Gasteiger partial charge on any atom is 0.471 e. The fourth-order valence-corrected chi connectivity index (χ4v) is 2.97. The molecule has 0 aromatic heterocycles. The van der Waals surface area contributed by atoms with E-state index in [1.807, 2.05) is 19.9 Å². The van der Waals surface area contributed by atoms with Gasteiger partial charge in [0.05, 0.1) is 0 Å². The Labute approximate surface area is 109 Å². The Balaban J connectivity index is 2.26. The second-order valence-corrected chi connectivity index (χ2v) is 5.83. The van der Waals surface area contributed by atoms with Crippen LogP contribution in [0.15, 0.2) is 23.4 Å². The zero-order valence-electron chi connectivity index (χ0n) is 10.9. The lowest BCUT2D eigenvalue weighted by molar-refractivity contribution is -0.188. The van der Waals surface area contributed by atoms with Gasteiger partial charge in [0.25, 0.3) is 0 Å². The molecule has 2 N–H and O–H groups in total. The maximum atomic E-state index is 12.5. The monoisotopic (exact) mass is 274 g/mol. The average Bonchev–Trinajstić information content (AvgIpc) is 2.24. The molecule has 1 heterocycles. The van der Waals surface area contributed by atoms with Gasteiger partial charge in [0, 0.05) is 30.1 Å². The summed E-state index contributed by atoms with van der Waals surface area (Å²) in [6.45, 7) is 3.89. The third-order valence-corrected chi connectivity index (χ3v) is 3.74. The Kier molecular flexibility index (Phi) is 3.15. The number of likely N-dealkylation sites (tertiary alicyclic amines) is 1. The fourth-order valence-electron chi connectivity index (χ4n) is 2.97. The molecule has 0 saturated carbocycles. The summed E-state index contributed by atoms with van der Waals surface area (Å²) in [6.07, 6.45) is -0.613. The van der Waals surface area contributed by atoms with Gasteiger partial charge in [-0.3, -0.25) is 4.79 Å². The normalized spacial score (nSPS) is 26.4. The van der Waals surface area contributed by atoms with Crippen molar-refractivity contribution in [1.82, 2.24) is 4.90 Å². The molecule has 0 aromatic carbocycles. The smallest absolute Gasteiger partial charge is 0.402 e. The van der Waals surface area contributed by atoms with E-state index in [9.17, 15) is 18.0 Å². The first-order chi connectivity index (χ1) is 8.61. The molecule has 19 heavy (non-hydrogen) atoms. The van der Waals surface area contributed by atoms with Crippen molar-refractivity contribution in [3.8, 4) is 0 Å². The third kappa shape index (κ3) is 2.62. The highest BCUT2D eigenvalue weighted by Crippen LogP contribution is 2.42. The van der Waals surface area contributed by atoms with Crippen molar-refractivity contribution in [3.05, 3.63) is 23.4 Å². The molecular formula is C13H17F3N2O. The van der Waals surface area contributed by atoms with Crippen LogP contribution in [0.2, 0.25) is 0 Å². The van der Waals surface area contributed by atoms with Gasteiger partial charge < -0.3 is 10.6 Å². The number of halogens is 3. The highest BCUT2D eigenvalue weighted by molar-refractivity contribution is 5.82. The lowest BCUT2D eigenvalue weighted by Gasteiger charge is -2.46. The van der Waals surface area contributed by atoms with Gasteiger partial charge in [-0.15, -0.1) is 0 Å². The molecule has 1 unspecified atom stereocenters. The van der Waals surface area contributed by atoms with E-state index in [0.29, 0.717) is 12.1 Å². The Morgan fingerprint density at radius 3 is 2.63 bits per heavy atom. The Morgan fingerprint density at radius 2 is 2.05 bits per heavy atom. The predicted octanol–water partition coefficient (Wildman–Crippen LogP) is 2.21. The summed E-state index contributed by atoms with van der Waals surface area (Å²) in [7, 11) is 0. The van der Waals surface area contributed by atoms with E-state index < -0.39 is 17.5 Å². The lowest BCUT2D eigenvalue weighted by Crippen LogP contribution is -2.53. The third-order valence-electron chi connectivity index (χ3n) is 3.74. The van der Waals surface area contributed by atoms with Crippen LogP contribution >= 0.6 is 0 Å². The highest BCUT2D eigenvalue weighted by Gasteiger charge is 2.48. The van der Waals surface area contributed by atoms with Gasteiger partial charge in [0.15, 0.2) is 0 Å². The number of amides is 1. The first kappa shape index (κ1) is 14.0. The molecule has 1 fully saturated rings. The molecule has 106 valence electrons. The predicted molar refractivity (Wildman–Crippen MR) is 64.9 cm³/mol. The van der Waals surface area contributed by atoms with Crippen LogP contribution in [0.4, 0.5) is 13.2 Å². The molecule has 2 rings (SSSR count). The number of carbonyl (C=O) groups is 1.